The van der Waals surface area contributed by atoms with Crippen molar-refractivity contribution in [3.8, 4) is 11.4 Å². The Bertz CT molecular complexity index is 1410. The number of amides is 1. The summed E-state index contributed by atoms with van der Waals surface area (Å²) in [5, 5.41) is 7.35. The molecule has 3 aromatic carbocycles. The van der Waals surface area contributed by atoms with Gasteiger partial charge in [-0.05, 0) is 48.5 Å². The molecule has 33 heavy (non-hydrogen) atoms. The molecule has 2 N–H and O–H groups in total. The third-order valence-electron chi connectivity index (χ3n) is 4.66. The van der Waals surface area contributed by atoms with E-state index < -0.39 is 15.9 Å². The van der Waals surface area contributed by atoms with Crippen LogP contribution in [0.1, 0.15) is 10.4 Å². The smallest absolute Gasteiger partial charge is 0.262 e. The number of anilines is 2. The number of carbonyl (C=O) groups excluding carboxylic acids is 1. The van der Waals surface area contributed by atoms with Gasteiger partial charge in [0.15, 0.2) is 5.82 Å². The molecular weight excluding hydrogens is 464 g/mol. The summed E-state index contributed by atoms with van der Waals surface area (Å²) in [7, 11) is -2.59. The molecule has 8 nitrogen and oxygen atoms in total. The standard InChI is InChI=1S/C23H19ClN4O4S/c1-32-21-11-10-17(24)15-20(21)27-33(30,31)19-9-5-6-16(14-19)23(29)25-22-12-13-28(26-22)18-7-3-2-4-8-18/h2-15,27H,1H3,(H,25,26,29). The van der Waals surface area contributed by atoms with Crippen LogP contribution in [0.2, 0.25) is 5.02 Å². The Kier molecular flexibility index (Phi) is 6.34. The minimum Gasteiger partial charge on any atom is -0.495 e. The summed E-state index contributed by atoms with van der Waals surface area (Å²) in [4.78, 5) is 12.6. The maximum Gasteiger partial charge on any atom is 0.262 e. The highest BCUT2D eigenvalue weighted by molar-refractivity contribution is 7.92. The molecule has 4 aromatic rings. The van der Waals surface area contributed by atoms with Crippen molar-refractivity contribution >= 4 is 39.0 Å². The molecule has 0 saturated carbocycles. The van der Waals surface area contributed by atoms with Gasteiger partial charge in [0, 0.05) is 22.8 Å². The van der Waals surface area contributed by atoms with Crippen LogP contribution in [0.25, 0.3) is 5.69 Å². The molecule has 168 valence electrons. The quantitative estimate of drug-likeness (QED) is 0.401. The van der Waals surface area contributed by atoms with Crippen LogP contribution >= 0.6 is 11.6 Å². The van der Waals surface area contributed by atoms with Gasteiger partial charge in [-0.15, -0.1) is 0 Å². The second kappa shape index (κ2) is 9.35. The molecule has 0 unspecified atom stereocenters. The molecule has 0 aliphatic rings. The number of ether oxygens (including phenoxy) is 1. The maximum atomic E-state index is 12.9. The van der Waals surface area contributed by atoms with Gasteiger partial charge in [-0.1, -0.05) is 35.9 Å². The van der Waals surface area contributed by atoms with E-state index in [9.17, 15) is 13.2 Å². The third kappa shape index (κ3) is 5.16. The molecule has 0 fully saturated rings. The van der Waals surface area contributed by atoms with E-state index in [4.69, 9.17) is 16.3 Å². The minimum absolute atomic E-state index is 0.0907. The van der Waals surface area contributed by atoms with E-state index in [1.165, 1.54) is 37.4 Å². The zero-order valence-electron chi connectivity index (χ0n) is 17.4. The predicted octanol–water partition coefficient (Wildman–Crippen LogP) is 4.59. The normalized spacial score (nSPS) is 11.1. The van der Waals surface area contributed by atoms with Gasteiger partial charge in [0.25, 0.3) is 15.9 Å². The highest BCUT2D eigenvalue weighted by Crippen LogP contribution is 2.30. The molecule has 0 aliphatic heterocycles. The van der Waals surface area contributed by atoms with Gasteiger partial charge >= 0.3 is 0 Å². The molecule has 0 bridgehead atoms. The van der Waals surface area contributed by atoms with Crippen LogP contribution in [0.4, 0.5) is 11.5 Å². The van der Waals surface area contributed by atoms with Gasteiger partial charge < -0.3 is 10.1 Å². The number of para-hydroxylation sites is 1. The number of carbonyl (C=O) groups is 1. The van der Waals surface area contributed by atoms with Gasteiger partial charge in [0.2, 0.25) is 0 Å². The lowest BCUT2D eigenvalue weighted by molar-refractivity contribution is 0.102. The number of halogens is 1. The van der Waals surface area contributed by atoms with Crippen LogP contribution in [0.3, 0.4) is 0 Å². The summed E-state index contributed by atoms with van der Waals surface area (Å²) in [5.74, 6) is 0.149. The van der Waals surface area contributed by atoms with Gasteiger partial charge in [-0.25, -0.2) is 13.1 Å². The molecule has 1 heterocycles. The summed E-state index contributed by atoms with van der Waals surface area (Å²) in [5.41, 5.74) is 1.19. The van der Waals surface area contributed by atoms with Crippen molar-refractivity contribution in [2.24, 2.45) is 0 Å². The number of benzene rings is 3. The fraction of sp³-hybridized carbons (Fsp3) is 0.0435. The van der Waals surface area contributed by atoms with E-state index in [0.717, 1.165) is 5.69 Å². The van der Waals surface area contributed by atoms with Crippen molar-refractivity contribution in [1.82, 2.24) is 9.78 Å². The third-order valence-corrected chi connectivity index (χ3v) is 6.26. The number of nitrogens with one attached hydrogen (secondary N) is 2. The van der Waals surface area contributed by atoms with Crippen molar-refractivity contribution in [2.45, 2.75) is 4.90 Å². The molecule has 0 spiro atoms. The van der Waals surface area contributed by atoms with Crippen LogP contribution in [0, 0.1) is 0 Å². The molecule has 4 rings (SSSR count). The van der Waals surface area contributed by atoms with Crippen molar-refractivity contribution in [3.05, 3.63) is 95.6 Å². The number of sulfonamides is 1. The zero-order chi connectivity index (χ0) is 23.4. The fourth-order valence-electron chi connectivity index (χ4n) is 3.07. The van der Waals surface area contributed by atoms with E-state index in [0.29, 0.717) is 16.6 Å². The average molecular weight is 483 g/mol. The largest absolute Gasteiger partial charge is 0.495 e. The van der Waals surface area contributed by atoms with Crippen molar-refractivity contribution < 1.29 is 17.9 Å². The summed E-state index contributed by atoms with van der Waals surface area (Å²) in [6, 6.07) is 21.3. The van der Waals surface area contributed by atoms with E-state index in [1.807, 2.05) is 30.3 Å². The van der Waals surface area contributed by atoms with Crippen LogP contribution in [-0.4, -0.2) is 31.2 Å². The minimum atomic E-state index is -4.01. The van der Waals surface area contributed by atoms with Crippen LogP contribution in [0.15, 0.2) is 90.0 Å². The second-order valence-electron chi connectivity index (χ2n) is 6.91. The van der Waals surface area contributed by atoms with Crippen molar-refractivity contribution in [1.29, 1.82) is 0 Å². The lowest BCUT2D eigenvalue weighted by atomic mass is 10.2. The number of rotatable bonds is 7. The van der Waals surface area contributed by atoms with Crippen molar-refractivity contribution in [3.63, 3.8) is 0 Å². The van der Waals surface area contributed by atoms with Crippen LogP contribution in [-0.2, 0) is 10.0 Å². The Morgan fingerprint density at radius 2 is 1.79 bits per heavy atom. The molecule has 0 saturated heterocycles. The highest BCUT2D eigenvalue weighted by atomic mass is 35.5. The second-order valence-corrected chi connectivity index (χ2v) is 9.03. The Hall–Kier alpha value is -3.82. The number of aromatic nitrogens is 2. The number of hydrogen-bond donors (Lipinski definition) is 2. The van der Waals surface area contributed by atoms with E-state index in [2.05, 4.69) is 15.1 Å². The Morgan fingerprint density at radius 3 is 2.55 bits per heavy atom. The first-order valence-electron chi connectivity index (χ1n) is 9.74. The van der Waals surface area contributed by atoms with Crippen LogP contribution in [0.5, 0.6) is 5.75 Å². The molecule has 1 aromatic heterocycles. The molecule has 0 atom stereocenters. The monoisotopic (exact) mass is 482 g/mol. The van der Waals surface area contributed by atoms with Gasteiger partial charge in [-0.2, -0.15) is 5.10 Å². The van der Waals surface area contributed by atoms with Gasteiger partial charge in [0.1, 0.15) is 5.75 Å². The molecule has 0 aliphatic carbocycles. The van der Waals surface area contributed by atoms with E-state index in [-0.39, 0.29) is 16.1 Å². The SMILES string of the molecule is COc1ccc(Cl)cc1NS(=O)(=O)c1cccc(C(=O)Nc2ccn(-c3ccccc3)n2)c1. The number of methoxy groups -OCH3 is 1. The summed E-state index contributed by atoms with van der Waals surface area (Å²) in [6.07, 6.45) is 1.72. The van der Waals surface area contributed by atoms with Gasteiger partial charge in [0.05, 0.1) is 23.4 Å². The first kappa shape index (κ1) is 22.4. The molecule has 1 amide bonds. The topological polar surface area (TPSA) is 102 Å². The Labute approximate surface area is 195 Å². The van der Waals surface area contributed by atoms with Crippen LogP contribution < -0.4 is 14.8 Å². The lowest BCUT2D eigenvalue weighted by Crippen LogP contribution is -2.16. The number of nitrogens with zero attached hydrogens (tertiary/aromatic N) is 2. The summed E-state index contributed by atoms with van der Waals surface area (Å²) in [6.45, 7) is 0. The first-order valence-corrected chi connectivity index (χ1v) is 11.6. The zero-order valence-corrected chi connectivity index (χ0v) is 19.0. The molecule has 10 heteroatoms. The summed E-state index contributed by atoms with van der Waals surface area (Å²) >= 11 is 5.98. The molecule has 0 radical (unpaired) electrons. The first-order chi connectivity index (χ1) is 15.9. The molecular formula is C23H19ClN4O4S. The summed E-state index contributed by atoms with van der Waals surface area (Å²) < 4.78 is 35.1. The Balaban J connectivity index is 1.53. The van der Waals surface area contributed by atoms with E-state index >= 15 is 0 Å². The average Bonchev–Trinajstić information content (AvgIpc) is 3.28. The number of hydrogen-bond acceptors (Lipinski definition) is 5. The fourth-order valence-corrected chi connectivity index (χ4v) is 4.35. The lowest BCUT2D eigenvalue weighted by Gasteiger charge is -2.13. The van der Waals surface area contributed by atoms with Gasteiger partial charge in [-0.3, -0.25) is 9.52 Å². The predicted molar refractivity (Wildman–Crippen MR) is 127 cm³/mol. The Morgan fingerprint density at radius 1 is 1.00 bits per heavy atom. The van der Waals surface area contributed by atoms with Crippen molar-refractivity contribution in [2.75, 3.05) is 17.1 Å². The maximum absolute atomic E-state index is 12.9. The highest BCUT2D eigenvalue weighted by Gasteiger charge is 2.19. The van der Waals surface area contributed by atoms with E-state index in [1.54, 1.807) is 29.1 Å².